The van der Waals surface area contributed by atoms with E-state index in [1.165, 1.54) is 12.1 Å². The topological polar surface area (TPSA) is 146 Å². The average molecular weight is 646 g/mol. The van der Waals surface area contributed by atoms with E-state index >= 15 is 0 Å². The molecule has 2 saturated heterocycles. The van der Waals surface area contributed by atoms with Crippen LogP contribution in [0.1, 0.15) is 47.2 Å². The zero-order valence-electron chi connectivity index (χ0n) is 25.9. The number of ether oxygens (including phenoxy) is 1. The lowest BCUT2D eigenvalue weighted by Crippen LogP contribution is -2.49. The second-order valence-corrected chi connectivity index (χ2v) is 12.0. The summed E-state index contributed by atoms with van der Waals surface area (Å²) < 4.78 is 33.1. The number of piperazine rings is 1. The van der Waals surface area contributed by atoms with E-state index in [4.69, 9.17) is 10.5 Å². The number of aromatic nitrogens is 2. The van der Waals surface area contributed by atoms with E-state index in [1.807, 2.05) is 30.3 Å². The molecule has 1 aromatic heterocycles. The van der Waals surface area contributed by atoms with Crippen LogP contribution in [-0.2, 0) is 20.7 Å². The molecular weight excluding hydrogens is 608 g/mol. The lowest BCUT2D eigenvalue weighted by Gasteiger charge is -2.36. The van der Waals surface area contributed by atoms with Crippen LogP contribution in [0.4, 0.5) is 26.0 Å². The quantitative estimate of drug-likeness (QED) is 0.202. The molecule has 13 heteroatoms. The highest BCUT2D eigenvalue weighted by Crippen LogP contribution is 2.29. The fourth-order valence-electron chi connectivity index (χ4n) is 6.10. The molecule has 0 bridgehead atoms. The van der Waals surface area contributed by atoms with E-state index in [2.05, 4.69) is 25.7 Å². The van der Waals surface area contributed by atoms with E-state index < -0.39 is 17.5 Å². The summed E-state index contributed by atoms with van der Waals surface area (Å²) in [5, 5.41) is 14.5. The molecule has 4 aromatic rings. The molecule has 0 radical (unpaired) electrons. The predicted octanol–water partition coefficient (Wildman–Crippen LogP) is 4.19. The number of aromatic amines is 1. The van der Waals surface area contributed by atoms with Crippen LogP contribution in [0.25, 0.3) is 10.9 Å². The monoisotopic (exact) mass is 645 g/mol. The fraction of sp³-hybridized carbons (Fsp3) is 0.353. The number of primary amides is 1. The number of hydrogen-bond donors (Lipinski definition) is 4. The largest absolute Gasteiger partial charge is 0.381 e. The Morgan fingerprint density at radius 2 is 1.66 bits per heavy atom. The van der Waals surface area contributed by atoms with Crippen LogP contribution in [0.5, 0.6) is 0 Å². The molecule has 3 aromatic carbocycles. The van der Waals surface area contributed by atoms with Gasteiger partial charge in [0.1, 0.15) is 11.6 Å². The van der Waals surface area contributed by atoms with Gasteiger partial charge in [-0.25, -0.2) is 8.78 Å². The van der Waals surface area contributed by atoms with E-state index in [0.29, 0.717) is 79.3 Å². The SMILES string of the molecule is NC(=O)CCC(=O)N1CCN(c2ccc(C(=O)Nc3n[nH]c4ccc(Cc5cc(F)cc(F)c5)cc34)c(NC3CCOCC3)c2)CC1. The van der Waals surface area contributed by atoms with Crippen molar-refractivity contribution in [2.75, 3.05) is 54.9 Å². The van der Waals surface area contributed by atoms with E-state index in [0.717, 1.165) is 30.2 Å². The zero-order chi connectivity index (χ0) is 32.9. The fourth-order valence-corrected chi connectivity index (χ4v) is 6.10. The van der Waals surface area contributed by atoms with Crippen molar-refractivity contribution in [2.24, 2.45) is 5.73 Å². The number of carbonyl (C=O) groups excluding carboxylic acids is 3. The van der Waals surface area contributed by atoms with Gasteiger partial charge in [0.15, 0.2) is 5.82 Å². The molecule has 2 aliphatic rings. The third kappa shape index (κ3) is 7.86. The summed E-state index contributed by atoms with van der Waals surface area (Å²) in [4.78, 5) is 41.3. The maximum Gasteiger partial charge on any atom is 0.258 e. The van der Waals surface area contributed by atoms with Gasteiger partial charge < -0.3 is 30.9 Å². The van der Waals surface area contributed by atoms with Crippen LogP contribution in [0.3, 0.4) is 0 Å². The Morgan fingerprint density at radius 3 is 2.38 bits per heavy atom. The number of nitrogens with one attached hydrogen (secondary N) is 3. The smallest absolute Gasteiger partial charge is 0.258 e. The molecular formula is C34H37F2N7O4. The summed E-state index contributed by atoms with van der Waals surface area (Å²) >= 11 is 0. The third-order valence-electron chi connectivity index (χ3n) is 8.60. The van der Waals surface area contributed by atoms with Gasteiger partial charge in [-0.1, -0.05) is 6.07 Å². The molecule has 0 saturated carbocycles. The minimum absolute atomic E-state index is 0.0369. The zero-order valence-corrected chi connectivity index (χ0v) is 25.9. The minimum atomic E-state index is -0.636. The van der Waals surface area contributed by atoms with Gasteiger partial charge in [-0.3, -0.25) is 19.5 Å². The molecule has 2 aliphatic heterocycles. The molecule has 11 nitrogen and oxygen atoms in total. The Bertz CT molecular complexity index is 1760. The number of nitrogens with zero attached hydrogens (tertiary/aromatic N) is 3. The highest BCUT2D eigenvalue weighted by Gasteiger charge is 2.24. The first-order valence-electron chi connectivity index (χ1n) is 15.7. The number of H-pyrrole nitrogens is 1. The van der Waals surface area contributed by atoms with Crippen molar-refractivity contribution in [3.63, 3.8) is 0 Å². The Kier molecular flexibility index (Phi) is 9.62. The minimum Gasteiger partial charge on any atom is -0.381 e. The summed E-state index contributed by atoms with van der Waals surface area (Å²) in [5.74, 6) is -1.85. The van der Waals surface area contributed by atoms with E-state index in [1.54, 1.807) is 11.0 Å². The summed E-state index contributed by atoms with van der Waals surface area (Å²) in [6.07, 6.45) is 2.06. The molecule has 3 heterocycles. The van der Waals surface area contributed by atoms with Crippen LogP contribution in [0.15, 0.2) is 54.6 Å². The van der Waals surface area contributed by atoms with Crippen LogP contribution in [0, 0.1) is 11.6 Å². The lowest BCUT2D eigenvalue weighted by atomic mass is 10.0. The first kappa shape index (κ1) is 31.9. The van der Waals surface area contributed by atoms with Crippen molar-refractivity contribution in [2.45, 2.75) is 38.1 Å². The number of rotatable bonds is 10. The molecule has 0 atom stereocenters. The Morgan fingerprint density at radius 1 is 0.915 bits per heavy atom. The van der Waals surface area contributed by atoms with Crippen molar-refractivity contribution in [1.82, 2.24) is 15.1 Å². The third-order valence-corrected chi connectivity index (χ3v) is 8.60. The molecule has 2 fully saturated rings. The maximum atomic E-state index is 13.8. The number of anilines is 3. The molecule has 3 amide bonds. The number of halogens is 2. The molecule has 47 heavy (non-hydrogen) atoms. The molecule has 0 aliphatic carbocycles. The van der Waals surface area contributed by atoms with E-state index in [-0.39, 0.29) is 30.7 Å². The number of nitrogens with two attached hydrogens (primary N) is 1. The van der Waals surface area contributed by atoms with Gasteiger partial charge in [-0.05, 0) is 72.9 Å². The van der Waals surface area contributed by atoms with Gasteiger partial charge in [0, 0.05) is 81.1 Å². The molecule has 0 spiro atoms. The summed E-state index contributed by atoms with van der Waals surface area (Å²) in [6.45, 7) is 3.52. The number of fused-ring (bicyclic) bond motifs is 1. The van der Waals surface area contributed by atoms with Crippen LogP contribution in [-0.4, -0.2) is 78.3 Å². The molecule has 0 unspecified atom stereocenters. The van der Waals surface area contributed by atoms with Crippen molar-refractivity contribution in [3.8, 4) is 0 Å². The van der Waals surface area contributed by atoms with Gasteiger partial charge in [0.2, 0.25) is 11.8 Å². The Balaban J connectivity index is 1.20. The average Bonchev–Trinajstić information content (AvgIpc) is 3.45. The number of benzene rings is 3. The van der Waals surface area contributed by atoms with Crippen LogP contribution in [0.2, 0.25) is 0 Å². The number of hydrogen-bond acceptors (Lipinski definition) is 7. The van der Waals surface area contributed by atoms with Crippen molar-refractivity contribution in [3.05, 3.63) is 82.9 Å². The van der Waals surface area contributed by atoms with Crippen molar-refractivity contribution >= 4 is 45.8 Å². The number of carbonyl (C=O) groups is 3. The van der Waals surface area contributed by atoms with Crippen molar-refractivity contribution < 1.29 is 27.9 Å². The van der Waals surface area contributed by atoms with Gasteiger partial charge in [0.05, 0.1) is 11.1 Å². The summed E-state index contributed by atoms with van der Waals surface area (Å²) in [6, 6.07) is 14.7. The number of amides is 3. The second kappa shape index (κ2) is 14.2. The van der Waals surface area contributed by atoms with Gasteiger partial charge >= 0.3 is 0 Å². The normalized spacial score (nSPS) is 15.5. The molecule has 246 valence electrons. The maximum absolute atomic E-state index is 13.8. The first-order valence-corrected chi connectivity index (χ1v) is 15.7. The molecule has 6 rings (SSSR count). The highest BCUT2D eigenvalue weighted by atomic mass is 19.1. The Hall–Kier alpha value is -5.04. The highest BCUT2D eigenvalue weighted by molar-refractivity contribution is 6.11. The lowest BCUT2D eigenvalue weighted by molar-refractivity contribution is -0.133. The van der Waals surface area contributed by atoms with Gasteiger partial charge in [-0.2, -0.15) is 5.10 Å². The van der Waals surface area contributed by atoms with Gasteiger partial charge in [0.25, 0.3) is 5.91 Å². The predicted molar refractivity (Wildman–Crippen MR) is 174 cm³/mol. The second-order valence-electron chi connectivity index (χ2n) is 12.0. The standard InChI is InChI=1S/C34H37F2N7O4/c35-23-16-22(17-24(36)19-23)15-21-1-4-29-28(18-21)33(41-40-29)39-34(46)27-3-2-26(20-30(27)38-25-7-13-47-14-8-25)42-9-11-43(12-10-42)32(45)6-5-31(37)44/h1-4,16-20,25,38H,5-15H2,(H2,37,44)(H2,39,40,41,46). The first-order chi connectivity index (χ1) is 22.7. The summed E-state index contributed by atoms with van der Waals surface area (Å²) in [5.41, 5.74) is 9.26. The van der Waals surface area contributed by atoms with E-state index in [9.17, 15) is 23.2 Å². The van der Waals surface area contributed by atoms with Crippen LogP contribution >= 0.6 is 0 Å². The molecule has 5 N–H and O–H groups in total. The van der Waals surface area contributed by atoms with Crippen LogP contribution < -0.4 is 21.3 Å². The van der Waals surface area contributed by atoms with Gasteiger partial charge in [-0.15, -0.1) is 0 Å². The summed E-state index contributed by atoms with van der Waals surface area (Å²) in [7, 11) is 0. The van der Waals surface area contributed by atoms with Crippen molar-refractivity contribution in [1.29, 1.82) is 0 Å². The Labute approximate surface area is 270 Å².